The molecule has 6 heteroatoms. The van der Waals surface area contributed by atoms with Crippen molar-refractivity contribution in [2.75, 3.05) is 6.61 Å². The average Bonchev–Trinajstić information content (AvgIpc) is 2.46. The SMILES string of the molecule is CCCCCC(C)NC(=O)COc1ccc(Cl)cc1C(N)=O. The molecule has 22 heavy (non-hydrogen) atoms. The van der Waals surface area contributed by atoms with E-state index >= 15 is 0 Å². The van der Waals surface area contributed by atoms with Crippen molar-refractivity contribution in [2.45, 2.75) is 45.6 Å². The molecule has 1 aromatic rings. The zero-order chi connectivity index (χ0) is 16.5. The van der Waals surface area contributed by atoms with E-state index < -0.39 is 5.91 Å². The van der Waals surface area contributed by atoms with Gasteiger partial charge < -0.3 is 15.8 Å². The Morgan fingerprint density at radius 1 is 1.36 bits per heavy atom. The van der Waals surface area contributed by atoms with Gasteiger partial charge in [0.05, 0.1) is 5.56 Å². The number of carbonyl (C=O) groups is 2. The second-order valence-corrected chi connectivity index (χ2v) is 5.69. The van der Waals surface area contributed by atoms with Crippen LogP contribution in [0.15, 0.2) is 18.2 Å². The van der Waals surface area contributed by atoms with Gasteiger partial charge in [0.2, 0.25) is 0 Å². The van der Waals surface area contributed by atoms with Crippen LogP contribution in [0.2, 0.25) is 5.02 Å². The molecule has 0 aromatic heterocycles. The summed E-state index contributed by atoms with van der Waals surface area (Å²) in [6.07, 6.45) is 4.33. The van der Waals surface area contributed by atoms with Gasteiger partial charge in [-0.1, -0.05) is 37.8 Å². The first-order chi connectivity index (χ1) is 10.4. The Hall–Kier alpha value is -1.75. The van der Waals surface area contributed by atoms with Crippen LogP contribution in [0, 0.1) is 0 Å². The topological polar surface area (TPSA) is 81.4 Å². The van der Waals surface area contributed by atoms with Gasteiger partial charge in [-0.25, -0.2) is 0 Å². The Kier molecular flexibility index (Phi) is 7.74. The van der Waals surface area contributed by atoms with Crippen LogP contribution in [0.5, 0.6) is 5.75 Å². The molecule has 2 amide bonds. The van der Waals surface area contributed by atoms with Gasteiger partial charge in [0.1, 0.15) is 5.75 Å². The number of hydrogen-bond donors (Lipinski definition) is 2. The summed E-state index contributed by atoms with van der Waals surface area (Å²) in [5.74, 6) is -0.620. The number of nitrogens with one attached hydrogen (secondary N) is 1. The van der Waals surface area contributed by atoms with E-state index in [2.05, 4.69) is 12.2 Å². The number of carbonyl (C=O) groups excluding carboxylic acids is 2. The summed E-state index contributed by atoms with van der Waals surface area (Å²) < 4.78 is 5.37. The third kappa shape index (κ3) is 6.35. The molecule has 1 aromatic carbocycles. The smallest absolute Gasteiger partial charge is 0.258 e. The van der Waals surface area contributed by atoms with Gasteiger partial charge in [-0.2, -0.15) is 0 Å². The number of halogens is 1. The van der Waals surface area contributed by atoms with Crippen molar-refractivity contribution >= 4 is 23.4 Å². The predicted octanol–water partition coefficient (Wildman–Crippen LogP) is 2.90. The van der Waals surface area contributed by atoms with E-state index in [1.165, 1.54) is 12.1 Å². The fraction of sp³-hybridized carbons (Fsp3) is 0.500. The van der Waals surface area contributed by atoms with Gasteiger partial charge in [0.25, 0.3) is 11.8 Å². The molecule has 1 atom stereocenters. The summed E-state index contributed by atoms with van der Waals surface area (Å²) in [7, 11) is 0. The first-order valence-corrected chi connectivity index (χ1v) is 7.83. The molecule has 122 valence electrons. The molecule has 0 bridgehead atoms. The lowest BCUT2D eigenvalue weighted by Gasteiger charge is -2.15. The number of hydrogen-bond acceptors (Lipinski definition) is 3. The number of unbranched alkanes of at least 4 members (excludes halogenated alkanes) is 2. The van der Waals surface area contributed by atoms with Crippen molar-refractivity contribution in [1.29, 1.82) is 0 Å². The van der Waals surface area contributed by atoms with Gasteiger partial charge in [0, 0.05) is 11.1 Å². The molecule has 0 fully saturated rings. The first kappa shape index (κ1) is 18.3. The van der Waals surface area contributed by atoms with Gasteiger partial charge >= 0.3 is 0 Å². The third-order valence-corrected chi connectivity index (χ3v) is 3.45. The highest BCUT2D eigenvalue weighted by molar-refractivity contribution is 6.31. The summed E-state index contributed by atoms with van der Waals surface area (Å²) in [4.78, 5) is 23.2. The Bertz CT molecular complexity index is 520. The number of rotatable bonds is 9. The Morgan fingerprint density at radius 2 is 2.09 bits per heavy atom. The monoisotopic (exact) mass is 326 g/mol. The lowest BCUT2D eigenvalue weighted by atomic mass is 10.1. The number of ether oxygens (including phenoxy) is 1. The van der Waals surface area contributed by atoms with Crippen LogP contribution in [0.25, 0.3) is 0 Å². The minimum absolute atomic E-state index is 0.100. The summed E-state index contributed by atoms with van der Waals surface area (Å²) in [6, 6.07) is 4.63. The zero-order valence-electron chi connectivity index (χ0n) is 13.0. The molecule has 5 nitrogen and oxygen atoms in total. The highest BCUT2D eigenvalue weighted by Crippen LogP contribution is 2.22. The summed E-state index contributed by atoms with van der Waals surface area (Å²) in [5, 5.41) is 3.25. The number of benzene rings is 1. The molecule has 0 spiro atoms. The van der Waals surface area contributed by atoms with Crippen LogP contribution < -0.4 is 15.8 Å². The second-order valence-electron chi connectivity index (χ2n) is 5.26. The maximum atomic E-state index is 11.8. The van der Waals surface area contributed by atoms with Crippen LogP contribution in [0.3, 0.4) is 0 Å². The van der Waals surface area contributed by atoms with Gasteiger partial charge in [-0.05, 0) is 31.5 Å². The van der Waals surface area contributed by atoms with Crippen molar-refractivity contribution in [3.8, 4) is 5.75 Å². The standard InChI is InChI=1S/C16H23ClN2O3/c1-3-4-5-6-11(2)19-15(20)10-22-14-8-7-12(17)9-13(14)16(18)21/h7-9,11H,3-6,10H2,1-2H3,(H2,18,21)(H,19,20). The lowest BCUT2D eigenvalue weighted by Crippen LogP contribution is -2.36. The number of primary amides is 1. The Balaban J connectivity index is 2.49. The molecular formula is C16H23ClN2O3. The second kappa shape index (κ2) is 9.30. The number of amides is 2. The number of nitrogens with two attached hydrogens (primary N) is 1. The molecule has 0 saturated heterocycles. The highest BCUT2D eigenvalue weighted by atomic mass is 35.5. The Labute approximate surface area is 136 Å². The molecule has 0 saturated carbocycles. The first-order valence-electron chi connectivity index (χ1n) is 7.45. The molecular weight excluding hydrogens is 304 g/mol. The van der Waals surface area contributed by atoms with Crippen molar-refractivity contribution in [1.82, 2.24) is 5.32 Å². The predicted molar refractivity (Wildman–Crippen MR) is 87.2 cm³/mol. The molecule has 0 aliphatic carbocycles. The maximum Gasteiger partial charge on any atom is 0.258 e. The lowest BCUT2D eigenvalue weighted by molar-refractivity contribution is -0.123. The summed E-state index contributed by atoms with van der Waals surface area (Å²) in [6.45, 7) is 3.93. The van der Waals surface area contributed by atoms with Crippen LogP contribution in [-0.2, 0) is 4.79 Å². The zero-order valence-corrected chi connectivity index (χ0v) is 13.8. The molecule has 3 N–H and O–H groups in total. The third-order valence-electron chi connectivity index (χ3n) is 3.21. The van der Waals surface area contributed by atoms with Crippen LogP contribution >= 0.6 is 11.6 Å². The van der Waals surface area contributed by atoms with Gasteiger partial charge in [-0.15, -0.1) is 0 Å². The van der Waals surface area contributed by atoms with E-state index in [4.69, 9.17) is 22.1 Å². The maximum absolute atomic E-state index is 11.8. The minimum atomic E-state index is -0.647. The van der Waals surface area contributed by atoms with Crippen LogP contribution in [-0.4, -0.2) is 24.5 Å². The van der Waals surface area contributed by atoms with E-state index in [0.717, 1.165) is 25.7 Å². The molecule has 0 aliphatic heterocycles. The van der Waals surface area contributed by atoms with E-state index in [1.807, 2.05) is 6.92 Å². The largest absolute Gasteiger partial charge is 0.483 e. The molecule has 1 unspecified atom stereocenters. The van der Waals surface area contributed by atoms with Gasteiger partial charge in [-0.3, -0.25) is 9.59 Å². The fourth-order valence-corrected chi connectivity index (χ4v) is 2.23. The molecule has 1 rings (SSSR count). The normalized spacial score (nSPS) is 11.8. The van der Waals surface area contributed by atoms with Crippen molar-refractivity contribution in [3.05, 3.63) is 28.8 Å². The summed E-state index contributed by atoms with van der Waals surface area (Å²) >= 11 is 5.81. The van der Waals surface area contributed by atoms with E-state index in [0.29, 0.717) is 5.02 Å². The van der Waals surface area contributed by atoms with E-state index in [9.17, 15) is 9.59 Å². The molecule has 0 aliphatic rings. The van der Waals surface area contributed by atoms with Crippen LogP contribution in [0.1, 0.15) is 49.9 Å². The summed E-state index contributed by atoms with van der Waals surface area (Å²) in [5.41, 5.74) is 5.42. The fourth-order valence-electron chi connectivity index (χ4n) is 2.05. The Morgan fingerprint density at radius 3 is 2.73 bits per heavy atom. The molecule has 0 radical (unpaired) electrons. The van der Waals surface area contributed by atoms with E-state index in [-0.39, 0.29) is 29.9 Å². The van der Waals surface area contributed by atoms with E-state index in [1.54, 1.807) is 6.07 Å². The van der Waals surface area contributed by atoms with Crippen molar-refractivity contribution in [3.63, 3.8) is 0 Å². The quantitative estimate of drug-likeness (QED) is 0.684. The van der Waals surface area contributed by atoms with Crippen molar-refractivity contribution < 1.29 is 14.3 Å². The van der Waals surface area contributed by atoms with Crippen LogP contribution in [0.4, 0.5) is 0 Å². The van der Waals surface area contributed by atoms with Crippen molar-refractivity contribution in [2.24, 2.45) is 5.73 Å². The van der Waals surface area contributed by atoms with Gasteiger partial charge in [0.15, 0.2) is 6.61 Å². The highest BCUT2D eigenvalue weighted by Gasteiger charge is 2.13. The molecule has 0 heterocycles. The average molecular weight is 327 g/mol. The minimum Gasteiger partial charge on any atom is -0.483 e.